The third-order valence-corrected chi connectivity index (χ3v) is 2.94. The van der Waals surface area contributed by atoms with E-state index in [4.69, 9.17) is 0 Å². The van der Waals surface area contributed by atoms with Gasteiger partial charge < -0.3 is 4.55 Å². The average molecular weight is 184 g/mol. The van der Waals surface area contributed by atoms with Crippen LogP contribution in [0.25, 0.3) is 0 Å². The summed E-state index contributed by atoms with van der Waals surface area (Å²) < 4.78 is 10.6. The molecule has 2 atom stereocenters. The quantitative estimate of drug-likeness (QED) is 0.468. The Balaban J connectivity index is 3.14. The van der Waals surface area contributed by atoms with Crippen LogP contribution in [0.3, 0.4) is 0 Å². The van der Waals surface area contributed by atoms with Gasteiger partial charge in [-0.2, -0.15) is 0 Å². The van der Waals surface area contributed by atoms with E-state index < -0.39 is 11.2 Å². The van der Waals surface area contributed by atoms with Gasteiger partial charge in [0.15, 0.2) is 4.16 Å². The highest BCUT2D eigenvalue weighted by molar-refractivity contribution is 9.11. The molecule has 0 saturated carbocycles. The number of halogens is 1. The standard InChI is InChI=1S/C4H8BrOS/c1-3-7(6)4(2)5/h4H,1,3H2,2H3. The van der Waals surface area contributed by atoms with E-state index in [2.05, 4.69) is 22.9 Å². The molecule has 0 aliphatic rings. The van der Waals surface area contributed by atoms with Crippen LogP contribution >= 0.6 is 15.9 Å². The first-order valence-electron chi connectivity index (χ1n) is 1.99. The molecule has 1 radical (unpaired) electrons. The van der Waals surface area contributed by atoms with Gasteiger partial charge in [0.25, 0.3) is 0 Å². The molecule has 0 aromatic carbocycles. The van der Waals surface area contributed by atoms with Gasteiger partial charge in [-0.05, 0) is 41.0 Å². The summed E-state index contributed by atoms with van der Waals surface area (Å²) in [6.07, 6.45) is 0. The van der Waals surface area contributed by atoms with Crippen molar-refractivity contribution >= 4 is 27.1 Å². The minimum absolute atomic E-state index is 0.0880. The first-order valence-corrected chi connectivity index (χ1v) is 4.28. The smallest absolute Gasteiger partial charge is 0.166 e. The summed E-state index contributed by atoms with van der Waals surface area (Å²) in [4.78, 5) is 0. The SMILES string of the molecule is [CH2]C[S+]([O-])C(C)Br. The summed E-state index contributed by atoms with van der Waals surface area (Å²) in [6, 6.07) is 0. The largest absolute Gasteiger partial charge is 0.615 e. The van der Waals surface area contributed by atoms with Crippen molar-refractivity contribution in [3.05, 3.63) is 6.92 Å². The molecule has 0 spiro atoms. The van der Waals surface area contributed by atoms with Crippen molar-refractivity contribution in [2.24, 2.45) is 0 Å². The van der Waals surface area contributed by atoms with Crippen LogP contribution in [0, 0.1) is 6.92 Å². The molecule has 0 aliphatic heterocycles. The van der Waals surface area contributed by atoms with Crippen LogP contribution in [0.2, 0.25) is 0 Å². The van der Waals surface area contributed by atoms with Crippen LogP contribution in [-0.2, 0) is 11.2 Å². The van der Waals surface area contributed by atoms with Crippen LogP contribution in [0.15, 0.2) is 0 Å². The minimum Gasteiger partial charge on any atom is -0.615 e. The Morgan fingerprint density at radius 1 is 2.00 bits per heavy atom. The molecule has 7 heavy (non-hydrogen) atoms. The number of rotatable bonds is 2. The molecule has 2 unspecified atom stereocenters. The second-order valence-corrected chi connectivity index (χ2v) is 4.98. The Hall–Kier alpha value is 0.790. The number of hydrogen-bond acceptors (Lipinski definition) is 1. The van der Waals surface area contributed by atoms with Crippen molar-refractivity contribution in [2.45, 2.75) is 11.1 Å². The summed E-state index contributed by atoms with van der Waals surface area (Å²) in [5.74, 6) is 0.492. The molecule has 0 aromatic rings. The lowest BCUT2D eigenvalue weighted by molar-refractivity contribution is 0.597. The molecule has 0 heterocycles. The first kappa shape index (κ1) is 7.79. The average Bonchev–Trinajstić information content (AvgIpc) is 1.65. The van der Waals surface area contributed by atoms with Gasteiger partial charge in [-0.1, -0.05) is 0 Å². The summed E-state index contributed by atoms with van der Waals surface area (Å²) in [7, 11) is 0. The van der Waals surface area contributed by atoms with Crippen molar-refractivity contribution in [3.63, 3.8) is 0 Å². The van der Waals surface area contributed by atoms with Gasteiger partial charge in [-0.3, -0.25) is 0 Å². The Morgan fingerprint density at radius 3 is 2.43 bits per heavy atom. The molecule has 0 bridgehead atoms. The molecule has 0 aromatic heterocycles. The topological polar surface area (TPSA) is 23.1 Å². The Morgan fingerprint density at radius 2 is 2.43 bits per heavy atom. The zero-order chi connectivity index (χ0) is 5.86. The highest BCUT2D eigenvalue weighted by Gasteiger charge is 2.07. The van der Waals surface area contributed by atoms with E-state index in [0.29, 0.717) is 5.75 Å². The van der Waals surface area contributed by atoms with Gasteiger partial charge in [-0.15, -0.1) is 0 Å². The Labute approximate surface area is 55.8 Å². The lowest BCUT2D eigenvalue weighted by Crippen LogP contribution is -2.12. The van der Waals surface area contributed by atoms with E-state index in [1.165, 1.54) is 0 Å². The van der Waals surface area contributed by atoms with Gasteiger partial charge in [0.1, 0.15) is 5.75 Å². The van der Waals surface area contributed by atoms with Gasteiger partial charge >= 0.3 is 0 Å². The van der Waals surface area contributed by atoms with Crippen LogP contribution in [-0.4, -0.2) is 14.5 Å². The van der Waals surface area contributed by atoms with Crippen LogP contribution in [0.5, 0.6) is 0 Å². The molecule has 3 heteroatoms. The van der Waals surface area contributed by atoms with Crippen molar-refractivity contribution < 1.29 is 4.55 Å². The molecule has 43 valence electrons. The molecule has 0 saturated heterocycles. The van der Waals surface area contributed by atoms with Gasteiger partial charge in [0.2, 0.25) is 0 Å². The van der Waals surface area contributed by atoms with E-state index in [1.807, 2.05) is 6.92 Å². The van der Waals surface area contributed by atoms with Crippen molar-refractivity contribution in [3.8, 4) is 0 Å². The predicted octanol–water partition coefficient (Wildman–Crippen LogP) is 1.31. The molecule has 0 aliphatic carbocycles. The van der Waals surface area contributed by atoms with Gasteiger partial charge in [0.05, 0.1) is 0 Å². The van der Waals surface area contributed by atoms with Crippen LogP contribution in [0.4, 0.5) is 0 Å². The maximum Gasteiger partial charge on any atom is 0.166 e. The molecular weight excluding hydrogens is 176 g/mol. The lowest BCUT2D eigenvalue weighted by Gasteiger charge is -2.08. The third-order valence-electron chi connectivity index (χ3n) is 0.563. The molecule has 0 amide bonds. The summed E-state index contributed by atoms with van der Waals surface area (Å²) >= 11 is 2.39. The third kappa shape index (κ3) is 3.38. The minimum atomic E-state index is -0.773. The molecular formula is C4H8BrOS. The summed E-state index contributed by atoms with van der Waals surface area (Å²) in [6.45, 7) is 5.33. The molecule has 0 fully saturated rings. The fourth-order valence-electron chi connectivity index (χ4n) is 0.162. The molecule has 0 rings (SSSR count). The van der Waals surface area contributed by atoms with E-state index in [1.54, 1.807) is 0 Å². The van der Waals surface area contributed by atoms with E-state index in [-0.39, 0.29) is 4.16 Å². The highest BCUT2D eigenvalue weighted by Crippen LogP contribution is 2.07. The second-order valence-electron chi connectivity index (χ2n) is 1.13. The predicted molar refractivity (Wildman–Crippen MR) is 36.8 cm³/mol. The van der Waals surface area contributed by atoms with Crippen LogP contribution < -0.4 is 0 Å². The van der Waals surface area contributed by atoms with E-state index in [0.717, 1.165) is 0 Å². The maximum atomic E-state index is 10.5. The number of alkyl halides is 1. The number of hydrogen-bond donors (Lipinski definition) is 0. The first-order chi connectivity index (χ1) is 3.18. The van der Waals surface area contributed by atoms with Crippen molar-refractivity contribution in [2.75, 3.05) is 5.75 Å². The zero-order valence-corrected chi connectivity index (χ0v) is 6.59. The maximum absolute atomic E-state index is 10.5. The van der Waals surface area contributed by atoms with Crippen molar-refractivity contribution in [1.82, 2.24) is 0 Å². The Kier molecular flexibility index (Phi) is 4.17. The summed E-state index contributed by atoms with van der Waals surface area (Å²) in [5.41, 5.74) is 0. The zero-order valence-electron chi connectivity index (χ0n) is 4.19. The molecule has 1 nitrogen and oxygen atoms in total. The van der Waals surface area contributed by atoms with Crippen molar-refractivity contribution in [1.29, 1.82) is 0 Å². The normalized spacial score (nSPS) is 18.9. The van der Waals surface area contributed by atoms with Gasteiger partial charge in [0, 0.05) is 0 Å². The summed E-state index contributed by atoms with van der Waals surface area (Å²) in [5, 5.41) is 0. The Bertz CT molecular complexity index is 49.0. The highest BCUT2D eigenvalue weighted by atomic mass is 79.9. The van der Waals surface area contributed by atoms with E-state index >= 15 is 0 Å². The molecule has 0 N–H and O–H groups in total. The monoisotopic (exact) mass is 183 g/mol. The fraction of sp³-hybridized carbons (Fsp3) is 0.750. The van der Waals surface area contributed by atoms with Crippen LogP contribution in [0.1, 0.15) is 6.92 Å². The van der Waals surface area contributed by atoms with Gasteiger partial charge in [-0.25, -0.2) is 0 Å². The van der Waals surface area contributed by atoms with E-state index in [9.17, 15) is 4.55 Å². The fourth-order valence-corrected chi connectivity index (χ4v) is 1.05. The second kappa shape index (κ2) is 3.75. The lowest BCUT2D eigenvalue weighted by atomic mass is 11.0.